The Morgan fingerprint density at radius 1 is 1.80 bits per heavy atom. The minimum atomic E-state index is 0.0198. The fourth-order valence-electron chi connectivity index (χ4n) is 0.856. The molecule has 2 nitrogen and oxygen atoms in total. The molecule has 1 saturated heterocycles. The highest BCUT2D eigenvalue weighted by atomic mass is 32.1. The monoisotopic (exact) mass is 155 g/mol. The van der Waals surface area contributed by atoms with Gasteiger partial charge in [0.15, 0.2) is 0 Å². The van der Waals surface area contributed by atoms with Gasteiger partial charge in [0.05, 0.1) is 16.5 Å². The van der Waals surface area contributed by atoms with Gasteiger partial charge in [-0.15, -0.1) is 11.3 Å². The molecule has 2 heterocycles. The van der Waals surface area contributed by atoms with Gasteiger partial charge in [-0.2, -0.15) is 0 Å². The Kier molecular flexibility index (Phi) is 1.13. The van der Waals surface area contributed by atoms with Gasteiger partial charge in [0.25, 0.3) is 0 Å². The van der Waals surface area contributed by atoms with Gasteiger partial charge in [0, 0.05) is 6.20 Å². The van der Waals surface area contributed by atoms with Gasteiger partial charge in [-0.05, 0) is 13.8 Å². The highest BCUT2D eigenvalue weighted by Crippen LogP contribution is 2.40. The van der Waals surface area contributed by atoms with Crippen molar-refractivity contribution < 1.29 is 4.74 Å². The van der Waals surface area contributed by atoms with Crippen molar-refractivity contribution in [3.8, 4) is 0 Å². The largest absolute Gasteiger partial charge is 0.364 e. The molecule has 0 saturated carbocycles. The molecule has 0 radical (unpaired) electrons. The smallest absolute Gasteiger partial charge is 0.124 e. The van der Waals surface area contributed by atoms with E-state index in [1.54, 1.807) is 11.3 Å². The van der Waals surface area contributed by atoms with Crippen molar-refractivity contribution in [2.75, 3.05) is 6.61 Å². The van der Waals surface area contributed by atoms with Crippen LogP contribution >= 0.6 is 11.3 Å². The van der Waals surface area contributed by atoms with E-state index in [-0.39, 0.29) is 5.60 Å². The standard InChI is InChI=1S/C7H9NOS/c1-5-8-3-6(10-5)7(2)4-9-7/h3H,4H2,1-2H3. The van der Waals surface area contributed by atoms with Gasteiger partial charge < -0.3 is 4.74 Å². The third-order valence-corrected chi connectivity index (χ3v) is 2.88. The van der Waals surface area contributed by atoms with Crippen molar-refractivity contribution >= 4 is 11.3 Å². The summed E-state index contributed by atoms with van der Waals surface area (Å²) in [5.41, 5.74) is 0.0198. The molecule has 1 fully saturated rings. The van der Waals surface area contributed by atoms with Crippen LogP contribution in [-0.4, -0.2) is 11.6 Å². The molecule has 1 aliphatic rings. The van der Waals surface area contributed by atoms with Crippen molar-refractivity contribution in [1.29, 1.82) is 0 Å². The van der Waals surface area contributed by atoms with Crippen LogP contribution in [0.5, 0.6) is 0 Å². The summed E-state index contributed by atoms with van der Waals surface area (Å²) in [6, 6.07) is 0. The van der Waals surface area contributed by atoms with E-state index in [0.717, 1.165) is 11.6 Å². The van der Waals surface area contributed by atoms with Crippen LogP contribution in [0.4, 0.5) is 0 Å². The first-order chi connectivity index (χ1) is 4.71. The molecule has 0 aliphatic carbocycles. The van der Waals surface area contributed by atoms with E-state index >= 15 is 0 Å². The van der Waals surface area contributed by atoms with Crippen LogP contribution in [0.1, 0.15) is 16.8 Å². The fourth-order valence-corrected chi connectivity index (χ4v) is 1.72. The van der Waals surface area contributed by atoms with Crippen LogP contribution in [0.25, 0.3) is 0 Å². The van der Waals surface area contributed by atoms with Crippen LogP contribution in [0.15, 0.2) is 6.20 Å². The number of hydrogen-bond donors (Lipinski definition) is 0. The molecule has 1 aromatic heterocycles. The zero-order valence-corrected chi connectivity index (χ0v) is 6.86. The van der Waals surface area contributed by atoms with E-state index in [4.69, 9.17) is 4.74 Å². The van der Waals surface area contributed by atoms with Crippen LogP contribution in [0.3, 0.4) is 0 Å². The first kappa shape index (κ1) is 6.31. The Morgan fingerprint density at radius 2 is 2.50 bits per heavy atom. The van der Waals surface area contributed by atoms with E-state index in [1.807, 2.05) is 13.1 Å². The summed E-state index contributed by atoms with van der Waals surface area (Å²) in [7, 11) is 0. The summed E-state index contributed by atoms with van der Waals surface area (Å²) in [5, 5.41) is 1.12. The summed E-state index contributed by atoms with van der Waals surface area (Å²) in [5.74, 6) is 0. The number of rotatable bonds is 1. The summed E-state index contributed by atoms with van der Waals surface area (Å²) < 4.78 is 5.27. The second-order valence-electron chi connectivity index (χ2n) is 2.76. The summed E-state index contributed by atoms with van der Waals surface area (Å²) >= 11 is 1.72. The molecule has 0 bridgehead atoms. The number of epoxide rings is 1. The quantitative estimate of drug-likeness (QED) is 0.577. The highest BCUT2D eigenvalue weighted by Gasteiger charge is 2.42. The Morgan fingerprint density at radius 3 is 2.90 bits per heavy atom. The maximum absolute atomic E-state index is 5.27. The lowest BCUT2D eigenvalue weighted by atomic mass is 10.2. The van der Waals surface area contributed by atoms with E-state index in [2.05, 4.69) is 11.9 Å². The van der Waals surface area contributed by atoms with Crippen LogP contribution in [0.2, 0.25) is 0 Å². The summed E-state index contributed by atoms with van der Waals surface area (Å²) in [6.07, 6.45) is 1.91. The first-order valence-corrected chi connectivity index (χ1v) is 4.09. The third kappa shape index (κ3) is 0.859. The van der Waals surface area contributed by atoms with Gasteiger partial charge >= 0.3 is 0 Å². The lowest BCUT2D eigenvalue weighted by Crippen LogP contribution is -1.97. The minimum absolute atomic E-state index is 0.0198. The molecule has 3 heteroatoms. The second kappa shape index (κ2) is 1.80. The normalized spacial score (nSPS) is 30.6. The molecule has 0 amide bonds. The van der Waals surface area contributed by atoms with E-state index in [9.17, 15) is 0 Å². The van der Waals surface area contributed by atoms with Gasteiger partial charge in [0.2, 0.25) is 0 Å². The van der Waals surface area contributed by atoms with E-state index in [0.29, 0.717) is 0 Å². The molecule has 0 N–H and O–H groups in total. The van der Waals surface area contributed by atoms with Crippen molar-refractivity contribution in [2.45, 2.75) is 19.4 Å². The molecule has 10 heavy (non-hydrogen) atoms. The molecule has 1 aliphatic heterocycles. The van der Waals surface area contributed by atoms with Crippen molar-refractivity contribution in [1.82, 2.24) is 4.98 Å². The predicted molar refractivity (Wildman–Crippen MR) is 40.2 cm³/mol. The number of nitrogens with zero attached hydrogens (tertiary/aromatic N) is 1. The lowest BCUT2D eigenvalue weighted by molar-refractivity contribution is 0.333. The zero-order chi connectivity index (χ0) is 7.19. The number of ether oxygens (including phenoxy) is 1. The van der Waals surface area contributed by atoms with Crippen LogP contribution in [0, 0.1) is 6.92 Å². The van der Waals surface area contributed by atoms with Crippen molar-refractivity contribution in [2.24, 2.45) is 0 Å². The Labute approximate surface area is 63.9 Å². The molecule has 2 rings (SSSR count). The Balaban J connectivity index is 2.34. The minimum Gasteiger partial charge on any atom is -0.364 e. The molecule has 0 spiro atoms. The van der Waals surface area contributed by atoms with E-state index in [1.165, 1.54) is 4.88 Å². The second-order valence-corrected chi connectivity index (χ2v) is 4.00. The zero-order valence-electron chi connectivity index (χ0n) is 6.05. The number of aryl methyl sites for hydroxylation is 1. The molecule has 1 atom stereocenters. The maximum atomic E-state index is 5.27. The average molecular weight is 155 g/mol. The van der Waals surface area contributed by atoms with Gasteiger partial charge in [0.1, 0.15) is 5.60 Å². The highest BCUT2D eigenvalue weighted by molar-refractivity contribution is 7.11. The third-order valence-electron chi connectivity index (χ3n) is 1.72. The summed E-state index contributed by atoms with van der Waals surface area (Å²) in [6.45, 7) is 4.97. The van der Waals surface area contributed by atoms with Gasteiger partial charge in [-0.1, -0.05) is 0 Å². The van der Waals surface area contributed by atoms with Crippen molar-refractivity contribution in [3.63, 3.8) is 0 Å². The Bertz CT molecular complexity index is 252. The molecule has 0 aromatic carbocycles. The molecule has 54 valence electrons. The molecule has 1 aromatic rings. The van der Waals surface area contributed by atoms with Crippen LogP contribution < -0.4 is 0 Å². The molecule has 1 unspecified atom stereocenters. The fraction of sp³-hybridized carbons (Fsp3) is 0.571. The number of aromatic nitrogens is 1. The SMILES string of the molecule is Cc1ncc(C2(C)CO2)s1. The average Bonchev–Trinajstić information content (AvgIpc) is 2.45. The van der Waals surface area contributed by atoms with Gasteiger partial charge in [-0.3, -0.25) is 0 Å². The van der Waals surface area contributed by atoms with Gasteiger partial charge in [-0.25, -0.2) is 4.98 Å². The maximum Gasteiger partial charge on any atom is 0.124 e. The Hall–Kier alpha value is -0.410. The topological polar surface area (TPSA) is 25.4 Å². The molecular formula is C7H9NOS. The van der Waals surface area contributed by atoms with Crippen molar-refractivity contribution in [3.05, 3.63) is 16.1 Å². The van der Waals surface area contributed by atoms with E-state index < -0.39 is 0 Å². The number of hydrogen-bond acceptors (Lipinski definition) is 3. The molecular weight excluding hydrogens is 146 g/mol. The summed E-state index contributed by atoms with van der Waals surface area (Å²) in [4.78, 5) is 5.42. The number of thiazole rings is 1. The first-order valence-electron chi connectivity index (χ1n) is 3.28. The predicted octanol–water partition coefficient (Wildman–Crippen LogP) is 1.70. The van der Waals surface area contributed by atoms with Crippen LogP contribution in [-0.2, 0) is 10.3 Å². The lowest BCUT2D eigenvalue weighted by Gasteiger charge is -1.95.